The Hall–Kier alpha value is -1.11. The van der Waals surface area contributed by atoms with Gasteiger partial charge in [0.15, 0.2) is 5.82 Å². The zero-order valence-electron chi connectivity index (χ0n) is 9.79. The second-order valence-electron chi connectivity index (χ2n) is 4.40. The lowest BCUT2D eigenvalue weighted by molar-refractivity contribution is -0.134. The van der Waals surface area contributed by atoms with E-state index in [1.54, 1.807) is 0 Å². The topological polar surface area (TPSA) is 64.9 Å². The van der Waals surface area contributed by atoms with Crippen molar-refractivity contribution in [2.45, 2.75) is 45.3 Å². The molecular formula is C10H16F3N3O. The zero-order chi connectivity index (χ0) is 13.1. The maximum absolute atomic E-state index is 12.0. The summed E-state index contributed by atoms with van der Waals surface area (Å²) in [5, 5.41) is 3.48. The van der Waals surface area contributed by atoms with E-state index in [1.165, 1.54) is 0 Å². The third kappa shape index (κ3) is 5.16. The van der Waals surface area contributed by atoms with Crippen LogP contribution in [-0.4, -0.2) is 16.3 Å². The molecule has 4 nitrogen and oxygen atoms in total. The van der Waals surface area contributed by atoms with Gasteiger partial charge >= 0.3 is 6.18 Å². The lowest BCUT2D eigenvalue weighted by atomic mass is 10.0. The third-order valence-corrected chi connectivity index (χ3v) is 2.16. The van der Waals surface area contributed by atoms with Crippen LogP contribution in [0, 0.1) is 5.92 Å². The SMILES string of the molecule is CC(C)C[C@H](N)c1nc(CCC(F)(F)F)no1. The minimum atomic E-state index is -4.21. The fourth-order valence-electron chi connectivity index (χ4n) is 1.38. The van der Waals surface area contributed by atoms with Crippen LogP contribution in [0.1, 0.15) is 44.4 Å². The van der Waals surface area contributed by atoms with Gasteiger partial charge in [-0.15, -0.1) is 0 Å². The van der Waals surface area contributed by atoms with E-state index in [0.29, 0.717) is 12.3 Å². The fraction of sp³-hybridized carbons (Fsp3) is 0.800. The quantitative estimate of drug-likeness (QED) is 0.873. The Labute approximate surface area is 97.4 Å². The number of alkyl halides is 3. The average molecular weight is 251 g/mol. The van der Waals surface area contributed by atoms with E-state index >= 15 is 0 Å². The van der Waals surface area contributed by atoms with Crippen LogP contribution in [0.15, 0.2) is 4.52 Å². The van der Waals surface area contributed by atoms with Crippen LogP contribution in [0.2, 0.25) is 0 Å². The molecule has 1 heterocycles. The number of nitrogens with zero attached hydrogens (tertiary/aromatic N) is 2. The van der Waals surface area contributed by atoms with Crippen molar-refractivity contribution in [1.82, 2.24) is 10.1 Å². The largest absolute Gasteiger partial charge is 0.389 e. The number of hydrogen-bond donors (Lipinski definition) is 1. The van der Waals surface area contributed by atoms with Crippen LogP contribution in [-0.2, 0) is 6.42 Å². The van der Waals surface area contributed by atoms with E-state index in [-0.39, 0.29) is 18.1 Å². The molecule has 0 aliphatic rings. The highest BCUT2D eigenvalue weighted by atomic mass is 19.4. The van der Waals surface area contributed by atoms with E-state index < -0.39 is 18.6 Å². The molecule has 0 aliphatic carbocycles. The first-order valence-corrected chi connectivity index (χ1v) is 5.42. The van der Waals surface area contributed by atoms with Gasteiger partial charge in [0.2, 0.25) is 5.89 Å². The van der Waals surface area contributed by atoms with Gasteiger partial charge in [-0.25, -0.2) is 0 Å². The first kappa shape index (κ1) is 14.0. The Balaban J connectivity index is 2.53. The first-order chi connectivity index (χ1) is 7.78. The minimum absolute atomic E-state index is 0.0523. The van der Waals surface area contributed by atoms with E-state index in [2.05, 4.69) is 10.1 Å². The van der Waals surface area contributed by atoms with Crippen molar-refractivity contribution in [3.8, 4) is 0 Å². The molecule has 0 bridgehead atoms. The summed E-state index contributed by atoms with van der Waals surface area (Å²) in [5.74, 6) is 0.614. The molecule has 7 heteroatoms. The maximum atomic E-state index is 12.0. The highest BCUT2D eigenvalue weighted by Crippen LogP contribution is 2.22. The molecule has 1 aromatic heterocycles. The smallest absolute Gasteiger partial charge is 0.338 e. The van der Waals surface area contributed by atoms with Crippen LogP contribution in [0.4, 0.5) is 13.2 Å². The Kier molecular flexibility index (Phi) is 4.50. The summed E-state index contributed by atoms with van der Waals surface area (Å²) >= 11 is 0. The molecule has 98 valence electrons. The van der Waals surface area contributed by atoms with Gasteiger partial charge in [-0.05, 0) is 12.3 Å². The van der Waals surface area contributed by atoms with Gasteiger partial charge in [0.1, 0.15) is 0 Å². The molecule has 0 spiro atoms. The standard InChI is InChI=1S/C10H16F3N3O/c1-6(2)5-7(14)9-15-8(16-17-9)3-4-10(11,12)13/h6-7H,3-5,14H2,1-2H3/t7-/m0/s1. The second-order valence-corrected chi connectivity index (χ2v) is 4.40. The van der Waals surface area contributed by atoms with Crippen LogP contribution in [0.25, 0.3) is 0 Å². The van der Waals surface area contributed by atoms with Gasteiger partial charge in [0.05, 0.1) is 12.5 Å². The van der Waals surface area contributed by atoms with Crippen molar-refractivity contribution >= 4 is 0 Å². The molecular weight excluding hydrogens is 235 g/mol. The maximum Gasteiger partial charge on any atom is 0.389 e. The normalized spacial score (nSPS) is 14.3. The van der Waals surface area contributed by atoms with Gasteiger partial charge in [-0.1, -0.05) is 19.0 Å². The molecule has 1 atom stereocenters. The number of aryl methyl sites for hydroxylation is 1. The van der Waals surface area contributed by atoms with E-state index in [0.717, 1.165) is 0 Å². The zero-order valence-corrected chi connectivity index (χ0v) is 9.79. The molecule has 2 N–H and O–H groups in total. The summed E-state index contributed by atoms with van der Waals surface area (Å²) < 4.78 is 40.7. The third-order valence-electron chi connectivity index (χ3n) is 2.16. The van der Waals surface area contributed by atoms with E-state index in [9.17, 15) is 13.2 Å². The van der Waals surface area contributed by atoms with Crippen LogP contribution < -0.4 is 5.73 Å². The molecule has 0 unspecified atom stereocenters. The van der Waals surface area contributed by atoms with Gasteiger partial charge < -0.3 is 10.3 Å². The average Bonchev–Trinajstić information content (AvgIpc) is 2.60. The fourth-order valence-corrected chi connectivity index (χ4v) is 1.38. The van der Waals surface area contributed by atoms with E-state index in [1.807, 2.05) is 13.8 Å². The predicted octanol–water partition coefficient (Wildman–Crippen LogP) is 2.61. The first-order valence-electron chi connectivity index (χ1n) is 5.42. The molecule has 0 aromatic carbocycles. The molecule has 0 radical (unpaired) electrons. The minimum Gasteiger partial charge on any atom is -0.338 e. The molecule has 1 rings (SSSR count). The Bertz CT molecular complexity index is 349. The molecule has 17 heavy (non-hydrogen) atoms. The summed E-state index contributed by atoms with van der Waals surface area (Å²) in [6.45, 7) is 3.97. The van der Waals surface area contributed by atoms with Crippen molar-refractivity contribution in [1.29, 1.82) is 0 Å². The summed E-state index contributed by atoms with van der Waals surface area (Å²) in [4.78, 5) is 3.86. The summed E-state index contributed by atoms with van der Waals surface area (Å²) in [6, 6.07) is -0.415. The number of hydrogen-bond acceptors (Lipinski definition) is 4. The number of rotatable bonds is 5. The van der Waals surface area contributed by atoms with E-state index in [4.69, 9.17) is 10.3 Å². The van der Waals surface area contributed by atoms with Crippen molar-refractivity contribution in [2.24, 2.45) is 11.7 Å². The molecule has 0 amide bonds. The number of nitrogens with two attached hydrogens (primary N) is 1. The van der Waals surface area contributed by atoms with Crippen molar-refractivity contribution in [3.63, 3.8) is 0 Å². The predicted molar refractivity (Wildman–Crippen MR) is 55.1 cm³/mol. The van der Waals surface area contributed by atoms with Gasteiger partial charge in [-0.3, -0.25) is 0 Å². The summed E-state index contributed by atoms with van der Waals surface area (Å²) in [5.41, 5.74) is 5.77. The Morgan fingerprint density at radius 2 is 2.00 bits per heavy atom. The Morgan fingerprint density at radius 1 is 1.35 bits per heavy atom. The van der Waals surface area contributed by atoms with Crippen LogP contribution in [0.5, 0.6) is 0 Å². The highest BCUT2D eigenvalue weighted by Gasteiger charge is 2.28. The van der Waals surface area contributed by atoms with Gasteiger partial charge in [0, 0.05) is 6.42 Å². The molecule has 0 fully saturated rings. The molecule has 0 saturated heterocycles. The van der Waals surface area contributed by atoms with Crippen LogP contribution >= 0.6 is 0 Å². The lowest BCUT2D eigenvalue weighted by Gasteiger charge is -2.08. The van der Waals surface area contributed by atoms with Crippen molar-refractivity contribution in [2.75, 3.05) is 0 Å². The highest BCUT2D eigenvalue weighted by molar-refractivity contribution is 4.92. The summed E-state index contributed by atoms with van der Waals surface area (Å²) in [6.07, 6.45) is -4.78. The van der Waals surface area contributed by atoms with Gasteiger partial charge in [0.25, 0.3) is 0 Å². The summed E-state index contributed by atoms with van der Waals surface area (Å²) in [7, 11) is 0. The molecule has 1 aromatic rings. The number of aromatic nitrogens is 2. The van der Waals surface area contributed by atoms with Crippen molar-refractivity contribution < 1.29 is 17.7 Å². The molecule has 0 aliphatic heterocycles. The molecule has 0 saturated carbocycles. The van der Waals surface area contributed by atoms with Crippen LogP contribution in [0.3, 0.4) is 0 Å². The lowest BCUT2D eigenvalue weighted by Crippen LogP contribution is -2.13. The number of halogens is 3. The monoisotopic (exact) mass is 251 g/mol. The Morgan fingerprint density at radius 3 is 2.53 bits per heavy atom. The second kappa shape index (κ2) is 5.48. The van der Waals surface area contributed by atoms with Crippen molar-refractivity contribution in [3.05, 3.63) is 11.7 Å². The van der Waals surface area contributed by atoms with Gasteiger partial charge in [-0.2, -0.15) is 18.2 Å².